The fourth-order valence-electron chi connectivity index (χ4n) is 3.88. The highest BCUT2D eigenvalue weighted by molar-refractivity contribution is 5.85. The van der Waals surface area contributed by atoms with Crippen molar-refractivity contribution in [3.63, 3.8) is 0 Å². The van der Waals surface area contributed by atoms with Crippen molar-refractivity contribution < 1.29 is 9.53 Å². The fourth-order valence-corrected chi connectivity index (χ4v) is 3.88. The molecule has 31 heavy (non-hydrogen) atoms. The SMILES string of the molecule is Cc1ccc([C@H](c2c[nH]c3ccccc23)N(C)C(=O)COc2ccc(C)c(C)c2)cc1. The van der Waals surface area contributed by atoms with Crippen LogP contribution in [0.1, 0.15) is 33.9 Å². The van der Waals surface area contributed by atoms with E-state index >= 15 is 0 Å². The largest absolute Gasteiger partial charge is 0.484 e. The van der Waals surface area contributed by atoms with Gasteiger partial charge in [0, 0.05) is 29.7 Å². The average molecular weight is 413 g/mol. The number of carbonyl (C=O) groups excluding carboxylic acids is 1. The average Bonchev–Trinajstić information content (AvgIpc) is 3.19. The molecule has 0 spiro atoms. The smallest absolute Gasteiger partial charge is 0.261 e. The van der Waals surface area contributed by atoms with Crippen LogP contribution >= 0.6 is 0 Å². The Morgan fingerprint density at radius 2 is 1.71 bits per heavy atom. The Morgan fingerprint density at radius 3 is 2.45 bits per heavy atom. The highest BCUT2D eigenvalue weighted by Crippen LogP contribution is 2.33. The van der Waals surface area contributed by atoms with Crippen LogP contribution in [0.4, 0.5) is 0 Å². The molecule has 158 valence electrons. The molecule has 0 aliphatic carbocycles. The van der Waals surface area contributed by atoms with Crippen molar-refractivity contribution in [2.45, 2.75) is 26.8 Å². The molecular formula is C27H28N2O2. The van der Waals surface area contributed by atoms with E-state index < -0.39 is 0 Å². The van der Waals surface area contributed by atoms with Crippen molar-refractivity contribution >= 4 is 16.8 Å². The van der Waals surface area contributed by atoms with Crippen LogP contribution in [0.5, 0.6) is 5.75 Å². The lowest BCUT2D eigenvalue weighted by molar-refractivity contribution is -0.133. The number of benzene rings is 3. The maximum Gasteiger partial charge on any atom is 0.261 e. The maximum atomic E-state index is 13.2. The number of aromatic amines is 1. The molecule has 1 N–H and O–H groups in total. The van der Waals surface area contributed by atoms with E-state index in [4.69, 9.17) is 4.74 Å². The van der Waals surface area contributed by atoms with Gasteiger partial charge in [-0.2, -0.15) is 0 Å². The summed E-state index contributed by atoms with van der Waals surface area (Å²) < 4.78 is 5.84. The molecule has 4 heteroatoms. The molecule has 0 unspecified atom stereocenters. The highest BCUT2D eigenvalue weighted by Gasteiger charge is 2.26. The minimum absolute atomic E-state index is 0.0102. The minimum atomic E-state index is -0.215. The van der Waals surface area contributed by atoms with Gasteiger partial charge in [0.2, 0.25) is 0 Å². The van der Waals surface area contributed by atoms with Crippen LogP contribution < -0.4 is 4.74 Å². The van der Waals surface area contributed by atoms with Gasteiger partial charge in [-0.1, -0.05) is 54.1 Å². The first-order valence-corrected chi connectivity index (χ1v) is 10.5. The molecule has 4 rings (SSSR count). The summed E-state index contributed by atoms with van der Waals surface area (Å²) in [5, 5.41) is 1.11. The van der Waals surface area contributed by atoms with Crippen LogP contribution in [0.2, 0.25) is 0 Å². The lowest BCUT2D eigenvalue weighted by Crippen LogP contribution is -2.35. The van der Waals surface area contributed by atoms with Crippen LogP contribution in [-0.4, -0.2) is 29.4 Å². The van der Waals surface area contributed by atoms with Crippen LogP contribution in [0.25, 0.3) is 10.9 Å². The van der Waals surface area contributed by atoms with Gasteiger partial charge < -0.3 is 14.6 Å². The third-order valence-corrected chi connectivity index (χ3v) is 5.93. The molecule has 1 heterocycles. The van der Waals surface area contributed by atoms with E-state index in [0.29, 0.717) is 5.75 Å². The Hall–Kier alpha value is -3.53. The first kappa shape index (κ1) is 20.7. The van der Waals surface area contributed by atoms with Crippen LogP contribution in [-0.2, 0) is 4.79 Å². The number of nitrogens with zero attached hydrogens (tertiary/aromatic N) is 1. The molecule has 0 bridgehead atoms. The Balaban J connectivity index is 1.63. The molecule has 4 nitrogen and oxygen atoms in total. The highest BCUT2D eigenvalue weighted by atomic mass is 16.5. The summed E-state index contributed by atoms with van der Waals surface area (Å²) in [7, 11) is 1.85. The third kappa shape index (κ3) is 4.33. The van der Waals surface area contributed by atoms with Crippen LogP contribution in [0.15, 0.2) is 72.9 Å². The van der Waals surface area contributed by atoms with Crippen LogP contribution in [0, 0.1) is 20.8 Å². The zero-order valence-corrected chi connectivity index (χ0v) is 18.5. The number of aromatic nitrogens is 1. The summed E-state index contributed by atoms with van der Waals surface area (Å²) in [4.78, 5) is 18.3. The monoisotopic (exact) mass is 412 g/mol. The van der Waals surface area contributed by atoms with E-state index in [1.807, 2.05) is 50.5 Å². The molecule has 4 aromatic rings. The number of rotatable bonds is 6. The number of nitrogens with one attached hydrogen (secondary N) is 1. The summed E-state index contributed by atoms with van der Waals surface area (Å²) in [6.45, 7) is 6.16. The normalized spacial score (nSPS) is 12.0. The third-order valence-electron chi connectivity index (χ3n) is 5.93. The van der Waals surface area contributed by atoms with Gasteiger partial charge in [-0.05, 0) is 55.7 Å². The molecule has 1 atom stereocenters. The number of hydrogen-bond donors (Lipinski definition) is 1. The second-order valence-electron chi connectivity index (χ2n) is 8.14. The fraction of sp³-hybridized carbons (Fsp3) is 0.222. The summed E-state index contributed by atoms with van der Waals surface area (Å²) >= 11 is 0. The molecule has 0 aliphatic rings. The van der Waals surface area contributed by atoms with E-state index in [1.165, 1.54) is 11.1 Å². The lowest BCUT2D eigenvalue weighted by atomic mass is 9.96. The Bertz CT molecular complexity index is 1210. The van der Waals surface area contributed by atoms with E-state index in [0.717, 1.165) is 27.6 Å². The van der Waals surface area contributed by atoms with Gasteiger partial charge in [0.25, 0.3) is 5.91 Å². The van der Waals surface area contributed by atoms with E-state index in [1.54, 1.807) is 4.90 Å². The standard InChI is InChI=1S/C27H28N2O2/c1-18-9-12-21(13-10-18)27(24-16-28-25-8-6-5-7-23(24)25)29(4)26(30)17-31-22-14-11-19(2)20(3)15-22/h5-16,27-28H,17H2,1-4H3/t27-/m1/s1. The number of likely N-dealkylation sites (N-methyl/N-ethyl adjacent to an activating group) is 1. The number of aryl methyl sites for hydroxylation is 3. The summed E-state index contributed by atoms with van der Waals surface area (Å²) in [6, 6.07) is 22.2. The van der Waals surface area contributed by atoms with Crippen molar-refractivity contribution in [1.29, 1.82) is 0 Å². The quantitative estimate of drug-likeness (QED) is 0.440. The maximum absolute atomic E-state index is 13.2. The second-order valence-corrected chi connectivity index (χ2v) is 8.14. The van der Waals surface area contributed by atoms with Crippen LogP contribution in [0.3, 0.4) is 0 Å². The predicted molar refractivity (Wildman–Crippen MR) is 126 cm³/mol. The summed E-state index contributed by atoms with van der Waals surface area (Å²) in [5.74, 6) is 0.637. The lowest BCUT2D eigenvalue weighted by Gasteiger charge is -2.29. The Labute approximate surface area is 183 Å². The van der Waals surface area contributed by atoms with Crippen molar-refractivity contribution in [3.05, 3.63) is 101 Å². The second kappa shape index (κ2) is 8.68. The molecule has 1 aromatic heterocycles. The predicted octanol–water partition coefficient (Wildman–Crippen LogP) is 5.72. The molecule has 0 radical (unpaired) electrons. The molecule has 0 saturated heterocycles. The Kier molecular flexibility index (Phi) is 5.81. The number of para-hydroxylation sites is 1. The van der Waals surface area contributed by atoms with Crippen molar-refractivity contribution in [2.75, 3.05) is 13.7 Å². The van der Waals surface area contributed by atoms with E-state index in [9.17, 15) is 4.79 Å². The summed E-state index contributed by atoms with van der Waals surface area (Å²) in [6.07, 6.45) is 2.00. The number of carbonyl (C=O) groups is 1. The molecular weight excluding hydrogens is 384 g/mol. The van der Waals surface area contributed by atoms with E-state index in [2.05, 4.69) is 55.2 Å². The molecule has 3 aromatic carbocycles. The number of H-pyrrole nitrogens is 1. The van der Waals surface area contributed by atoms with Gasteiger partial charge in [-0.15, -0.1) is 0 Å². The zero-order valence-electron chi connectivity index (χ0n) is 18.5. The van der Waals surface area contributed by atoms with Gasteiger partial charge in [-0.25, -0.2) is 0 Å². The van der Waals surface area contributed by atoms with Crippen molar-refractivity contribution in [1.82, 2.24) is 9.88 Å². The number of fused-ring (bicyclic) bond motifs is 1. The van der Waals surface area contributed by atoms with Gasteiger partial charge in [0.1, 0.15) is 5.75 Å². The van der Waals surface area contributed by atoms with Crippen molar-refractivity contribution in [2.24, 2.45) is 0 Å². The molecule has 0 fully saturated rings. The number of ether oxygens (including phenoxy) is 1. The number of amides is 1. The van der Waals surface area contributed by atoms with Gasteiger partial charge >= 0.3 is 0 Å². The van der Waals surface area contributed by atoms with Gasteiger partial charge in [-0.3, -0.25) is 4.79 Å². The zero-order chi connectivity index (χ0) is 22.0. The minimum Gasteiger partial charge on any atom is -0.484 e. The van der Waals surface area contributed by atoms with Crippen molar-refractivity contribution in [3.8, 4) is 5.75 Å². The summed E-state index contributed by atoms with van der Waals surface area (Å²) in [5.41, 5.74) is 6.73. The van der Waals surface area contributed by atoms with Gasteiger partial charge in [0.05, 0.1) is 6.04 Å². The van der Waals surface area contributed by atoms with Gasteiger partial charge in [0.15, 0.2) is 6.61 Å². The first-order valence-electron chi connectivity index (χ1n) is 10.5. The molecule has 0 saturated carbocycles. The molecule has 1 amide bonds. The topological polar surface area (TPSA) is 45.3 Å². The number of hydrogen-bond acceptors (Lipinski definition) is 2. The first-order chi connectivity index (χ1) is 14.9. The Morgan fingerprint density at radius 1 is 0.968 bits per heavy atom. The molecule has 0 aliphatic heterocycles. The van der Waals surface area contributed by atoms with E-state index in [-0.39, 0.29) is 18.6 Å².